The molecule has 1 aliphatic heterocycles. The molecule has 2 rings (SSSR count). The van der Waals surface area contributed by atoms with Gasteiger partial charge in [-0.1, -0.05) is 12.1 Å². The Morgan fingerprint density at radius 2 is 2.15 bits per heavy atom. The van der Waals surface area contributed by atoms with E-state index in [1.807, 2.05) is 0 Å². The van der Waals surface area contributed by atoms with Crippen molar-refractivity contribution < 1.29 is 18.3 Å². The molecule has 0 N–H and O–H groups in total. The zero-order chi connectivity index (χ0) is 9.26. The van der Waals surface area contributed by atoms with Crippen molar-refractivity contribution >= 4 is 6.08 Å². The first-order valence-corrected chi connectivity index (χ1v) is 3.68. The van der Waals surface area contributed by atoms with Gasteiger partial charge in [-0.05, 0) is 6.07 Å². The summed E-state index contributed by atoms with van der Waals surface area (Å²) in [6.45, 7) is 0.0914. The average molecular weight is 184 g/mol. The summed E-state index contributed by atoms with van der Waals surface area (Å²) < 4.78 is 34.0. The highest BCUT2D eigenvalue weighted by molar-refractivity contribution is 5.63. The van der Waals surface area contributed by atoms with Crippen molar-refractivity contribution in [1.29, 1.82) is 0 Å². The summed E-state index contributed by atoms with van der Waals surface area (Å²) in [4.78, 5) is 0. The zero-order valence-corrected chi connectivity index (χ0v) is 6.59. The van der Waals surface area contributed by atoms with Crippen LogP contribution in [0.1, 0.15) is 5.56 Å². The molecule has 0 spiro atoms. The largest absolute Gasteiger partial charge is 0.454 e. The van der Waals surface area contributed by atoms with Crippen LogP contribution in [0.3, 0.4) is 0 Å². The molecule has 2 nitrogen and oxygen atoms in total. The molecule has 4 heteroatoms. The van der Waals surface area contributed by atoms with Gasteiger partial charge in [0.15, 0.2) is 11.5 Å². The summed E-state index contributed by atoms with van der Waals surface area (Å²) >= 11 is 0. The summed E-state index contributed by atoms with van der Waals surface area (Å²) in [7, 11) is 0. The summed E-state index contributed by atoms with van der Waals surface area (Å²) in [5.74, 6) is 0.894. The predicted octanol–water partition coefficient (Wildman–Crippen LogP) is 2.65. The van der Waals surface area contributed by atoms with E-state index >= 15 is 0 Å². The lowest BCUT2D eigenvalue weighted by Gasteiger charge is -1.98. The van der Waals surface area contributed by atoms with E-state index in [-0.39, 0.29) is 6.79 Å². The van der Waals surface area contributed by atoms with Crippen molar-refractivity contribution in [3.63, 3.8) is 0 Å². The number of benzene rings is 1. The predicted molar refractivity (Wildman–Crippen MR) is 42.8 cm³/mol. The number of ether oxygens (including phenoxy) is 2. The number of halogens is 2. The molecular weight excluding hydrogens is 178 g/mol. The summed E-state index contributed by atoms with van der Waals surface area (Å²) in [6.07, 6.45) is -0.989. The second-order valence-electron chi connectivity index (χ2n) is 2.52. The van der Waals surface area contributed by atoms with Crippen LogP contribution in [0.25, 0.3) is 6.08 Å². The third kappa shape index (κ3) is 1.47. The third-order valence-electron chi connectivity index (χ3n) is 1.69. The van der Waals surface area contributed by atoms with E-state index in [1.54, 1.807) is 18.2 Å². The molecule has 13 heavy (non-hydrogen) atoms. The maximum absolute atomic E-state index is 12.0. The molecule has 0 radical (unpaired) electrons. The molecule has 1 aromatic carbocycles. The van der Waals surface area contributed by atoms with Gasteiger partial charge in [0.1, 0.15) is 0 Å². The minimum atomic E-state index is -1.75. The molecule has 0 saturated heterocycles. The molecule has 0 fully saturated rings. The van der Waals surface area contributed by atoms with Crippen LogP contribution in [0.5, 0.6) is 11.5 Å². The van der Waals surface area contributed by atoms with Gasteiger partial charge >= 0.3 is 0 Å². The normalized spacial score (nSPS) is 12.8. The standard InChI is InChI=1S/C9H6F2O2/c10-8(11)4-6-2-1-3-7-9(6)13-5-12-7/h1-4H,5H2. The Hall–Kier alpha value is -1.58. The smallest absolute Gasteiger partial charge is 0.271 e. The van der Waals surface area contributed by atoms with E-state index in [0.29, 0.717) is 17.1 Å². The van der Waals surface area contributed by atoms with Gasteiger partial charge in [-0.25, -0.2) is 0 Å². The quantitative estimate of drug-likeness (QED) is 0.667. The van der Waals surface area contributed by atoms with Gasteiger partial charge in [0, 0.05) is 11.6 Å². The Labute approximate surface area is 73.4 Å². The number of hydrogen-bond acceptors (Lipinski definition) is 2. The minimum absolute atomic E-state index is 0.0914. The molecule has 0 atom stereocenters. The van der Waals surface area contributed by atoms with Crippen molar-refractivity contribution in [2.75, 3.05) is 6.79 Å². The van der Waals surface area contributed by atoms with E-state index < -0.39 is 6.08 Å². The highest BCUT2D eigenvalue weighted by atomic mass is 19.3. The van der Waals surface area contributed by atoms with E-state index in [1.165, 1.54) is 0 Å². The highest BCUT2D eigenvalue weighted by Gasteiger charge is 2.16. The maximum Gasteiger partial charge on any atom is 0.271 e. The van der Waals surface area contributed by atoms with E-state index in [9.17, 15) is 8.78 Å². The van der Waals surface area contributed by atoms with Crippen LogP contribution in [0.2, 0.25) is 0 Å². The van der Waals surface area contributed by atoms with Crippen molar-refractivity contribution in [1.82, 2.24) is 0 Å². The fourth-order valence-corrected chi connectivity index (χ4v) is 1.18. The Morgan fingerprint density at radius 1 is 1.31 bits per heavy atom. The summed E-state index contributed by atoms with van der Waals surface area (Å²) in [5.41, 5.74) is 0.343. The van der Waals surface area contributed by atoms with Crippen molar-refractivity contribution in [2.24, 2.45) is 0 Å². The van der Waals surface area contributed by atoms with Crippen molar-refractivity contribution in [3.05, 3.63) is 29.8 Å². The van der Waals surface area contributed by atoms with Crippen LogP contribution in [0, 0.1) is 0 Å². The zero-order valence-electron chi connectivity index (χ0n) is 6.59. The van der Waals surface area contributed by atoms with Gasteiger partial charge in [-0.2, -0.15) is 8.78 Å². The monoisotopic (exact) mass is 184 g/mol. The molecule has 1 aromatic rings. The summed E-state index contributed by atoms with van der Waals surface area (Å²) in [6, 6.07) is 4.87. The van der Waals surface area contributed by atoms with Crippen LogP contribution < -0.4 is 9.47 Å². The van der Waals surface area contributed by atoms with E-state index in [4.69, 9.17) is 9.47 Å². The van der Waals surface area contributed by atoms with Gasteiger partial charge in [0.2, 0.25) is 6.79 Å². The number of fused-ring (bicyclic) bond motifs is 1. The Kier molecular flexibility index (Phi) is 1.88. The fourth-order valence-electron chi connectivity index (χ4n) is 1.18. The minimum Gasteiger partial charge on any atom is -0.454 e. The van der Waals surface area contributed by atoms with Gasteiger partial charge in [0.05, 0.1) is 0 Å². The lowest BCUT2D eigenvalue weighted by Crippen LogP contribution is -1.93. The molecule has 1 heterocycles. The lowest BCUT2D eigenvalue weighted by molar-refractivity contribution is 0.173. The maximum atomic E-state index is 12.0. The molecule has 0 bridgehead atoms. The second-order valence-corrected chi connectivity index (χ2v) is 2.52. The van der Waals surface area contributed by atoms with E-state index in [2.05, 4.69) is 0 Å². The Balaban J connectivity index is 2.47. The summed E-state index contributed by atoms with van der Waals surface area (Å²) in [5, 5.41) is 0. The number of rotatable bonds is 1. The Morgan fingerprint density at radius 3 is 2.92 bits per heavy atom. The van der Waals surface area contributed by atoms with Crippen LogP contribution >= 0.6 is 0 Å². The van der Waals surface area contributed by atoms with Gasteiger partial charge in [0.25, 0.3) is 6.08 Å². The topological polar surface area (TPSA) is 18.5 Å². The number of para-hydroxylation sites is 1. The van der Waals surface area contributed by atoms with Crippen LogP contribution in [-0.4, -0.2) is 6.79 Å². The molecule has 0 saturated carbocycles. The average Bonchev–Trinajstić information content (AvgIpc) is 2.51. The van der Waals surface area contributed by atoms with E-state index in [0.717, 1.165) is 6.08 Å². The third-order valence-corrected chi connectivity index (χ3v) is 1.69. The van der Waals surface area contributed by atoms with Gasteiger partial charge < -0.3 is 9.47 Å². The second kappa shape index (κ2) is 3.05. The molecular formula is C9H6F2O2. The van der Waals surface area contributed by atoms with Crippen molar-refractivity contribution in [2.45, 2.75) is 0 Å². The van der Waals surface area contributed by atoms with Crippen molar-refractivity contribution in [3.8, 4) is 11.5 Å². The lowest BCUT2D eigenvalue weighted by atomic mass is 10.2. The SMILES string of the molecule is FC(F)=Cc1cccc2c1OCO2. The van der Waals surface area contributed by atoms with Gasteiger partial charge in [-0.3, -0.25) is 0 Å². The first kappa shape index (κ1) is 8.04. The molecule has 1 aliphatic rings. The molecule has 0 amide bonds. The fraction of sp³-hybridized carbons (Fsp3) is 0.111. The van der Waals surface area contributed by atoms with Crippen LogP contribution in [-0.2, 0) is 0 Å². The first-order valence-electron chi connectivity index (χ1n) is 3.68. The number of hydrogen-bond donors (Lipinski definition) is 0. The molecule has 0 unspecified atom stereocenters. The van der Waals surface area contributed by atoms with Crippen LogP contribution in [0.15, 0.2) is 24.3 Å². The van der Waals surface area contributed by atoms with Gasteiger partial charge in [-0.15, -0.1) is 0 Å². The van der Waals surface area contributed by atoms with Crippen LogP contribution in [0.4, 0.5) is 8.78 Å². The molecule has 0 aromatic heterocycles. The Bertz CT molecular complexity index is 357. The molecule has 68 valence electrons. The highest BCUT2D eigenvalue weighted by Crippen LogP contribution is 2.36. The first-order chi connectivity index (χ1) is 6.27. The molecule has 0 aliphatic carbocycles.